The zero-order valence-corrected chi connectivity index (χ0v) is 12.1. The molecule has 1 aliphatic carbocycles. The van der Waals surface area contributed by atoms with Crippen molar-refractivity contribution in [1.82, 2.24) is 5.32 Å². The quantitative estimate of drug-likeness (QED) is 0.672. The van der Waals surface area contributed by atoms with Gasteiger partial charge in [0, 0.05) is 18.7 Å². The van der Waals surface area contributed by atoms with Gasteiger partial charge in [0.25, 0.3) is 5.69 Å². The molecule has 2 atom stereocenters. The number of rotatable bonds is 4. The van der Waals surface area contributed by atoms with E-state index in [4.69, 9.17) is 0 Å². The number of nitro groups is 1. The maximum atomic E-state index is 11.0. The molecule has 0 heterocycles. The van der Waals surface area contributed by atoms with Crippen molar-refractivity contribution >= 4 is 5.69 Å². The van der Waals surface area contributed by atoms with Crippen LogP contribution < -0.4 is 5.32 Å². The molecule has 3 rings (SSSR count). The SMILES string of the molecule is O=[N+]([O-])c1ccc2c(c1)C(NCc1ccccc1)C(O)CC2. The Kier molecular flexibility index (Phi) is 4.18. The number of hydrogen-bond donors (Lipinski definition) is 2. The minimum atomic E-state index is -0.529. The molecule has 22 heavy (non-hydrogen) atoms. The number of nitro benzene ring substituents is 1. The topological polar surface area (TPSA) is 75.4 Å². The molecule has 0 saturated heterocycles. The second-order valence-electron chi connectivity index (χ2n) is 5.59. The first-order valence-corrected chi connectivity index (χ1v) is 7.38. The van der Waals surface area contributed by atoms with E-state index in [0.29, 0.717) is 13.0 Å². The average Bonchev–Trinajstić information content (AvgIpc) is 2.54. The lowest BCUT2D eigenvalue weighted by Crippen LogP contribution is -2.35. The fourth-order valence-corrected chi connectivity index (χ4v) is 2.96. The molecule has 0 saturated carbocycles. The highest BCUT2D eigenvalue weighted by molar-refractivity contribution is 5.43. The number of benzene rings is 2. The number of non-ortho nitro benzene ring substituents is 1. The van der Waals surface area contributed by atoms with Crippen molar-refractivity contribution in [3.63, 3.8) is 0 Å². The standard InChI is InChI=1S/C17H18N2O3/c20-16-9-7-13-6-8-14(19(21)22)10-15(13)17(16)18-11-12-4-2-1-3-5-12/h1-6,8,10,16-18,20H,7,9,11H2. The van der Waals surface area contributed by atoms with Gasteiger partial charge in [-0.2, -0.15) is 0 Å². The highest BCUT2D eigenvalue weighted by Crippen LogP contribution is 2.32. The summed E-state index contributed by atoms with van der Waals surface area (Å²) < 4.78 is 0. The predicted molar refractivity (Wildman–Crippen MR) is 83.4 cm³/mol. The summed E-state index contributed by atoms with van der Waals surface area (Å²) in [5.41, 5.74) is 3.09. The van der Waals surface area contributed by atoms with Crippen LogP contribution in [0.4, 0.5) is 5.69 Å². The van der Waals surface area contributed by atoms with Gasteiger partial charge in [-0.1, -0.05) is 36.4 Å². The molecule has 1 aliphatic rings. The Hall–Kier alpha value is -2.24. The molecule has 2 aromatic rings. The lowest BCUT2D eigenvalue weighted by molar-refractivity contribution is -0.385. The van der Waals surface area contributed by atoms with E-state index in [0.717, 1.165) is 23.1 Å². The molecule has 0 amide bonds. The summed E-state index contributed by atoms with van der Waals surface area (Å²) in [5.74, 6) is 0. The summed E-state index contributed by atoms with van der Waals surface area (Å²) in [5, 5.41) is 24.6. The molecular formula is C17H18N2O3. The van der Waals surface area contributed by atoms with E-state index >= 15 is 0 Å². The van der Waals surface area contributed by atoms with Crippen LogP contribution in [-0.4, -0.2) is 16.1 Å². The van der Waals surface area contributed by atoms with Gasteiger partial charge in [-0.3, -0.25) is 10.1 Å². The van der Waals surface area contributed by atoms with Crippen LogP contribution in [0, 0.1) is 10.1 Å². The van der Waals surface area contributed by atoms with Crippen LogP contribution in [0.2, 0.25) is 0 Å². The van der Waals surface area contributed by atoms with E-state index in [1.165, 1.54) is 6.07 Å². The van der Waals surface area contributed by atoms with E-state index in [1.807, 2.05) is 30.3 Å². The van der Waals surface area contributed by atoms with Crippen molar-refractivity contribution in [2.45, 2.75) is 31.5 Å². The van der Waals surface area contributed by atoms with Crippen molar-refractivity contribution in [2.24, 2.45) is 0 Å². The van der Waals surface area contributed by atoms with Gasteiger partial charge >= 0.3 is 0 Å². The molecule has 5 heteroatoms. The van der Waals surface area contributed by atoms with Crippen LogP contribution in [0.3, 0.4) is 0 Å². The molecule has 0 aromatic heterocycles. The first kappa shape index (κ1) is 14.7. The normalized spacial score (nSPS) is 20.4. The average molecular weight is 298 g/mol. The third-order valence-electron chi connectivity index (χ3n) is 4.14. The number of fused-ring (bicyclic) bond motifs is 1. The Morgan fingerprint density at radius 3 is 2.73 bits per heavy atom. The van der Waals surface area contributed by atoms with Gasteiger partial charge in [-0.15, -0.1) is 0 Å². The van der Waals surface area contributed by atoms with E-state index in [2.05, 4.69) is 5.32 Å². The molecule has 0 aliphatic heterocycles. The van der Waals surface area contributed by atoms with Gasteiger partial charge in [-0.25, -0.2) is 0 Å². The Bertz CT molecular complexity index is 673. The molecule has 0 fully saturated rings. The van der Waals surface area contributed by atoms with Crippen LogP contribution in [-0.2, 0) is 13.0 Å². The summed E-state index contributed by atoms with van der Waals surface area (Å²) in [6.07, 6.45) is 0.883. The van der Waals surface area contributed by atoms with Crippen molar-refractivity contribution in [2.75, 3.05) is 0 Å². The number of nitrogens with zero attached hydrogens (tertiary/aromatic N) is 1. The first-order valence-electron chi connectivity index (χ1n) is 7.38. The highest BCUT2D eigenvalue weighted by atomic mass is 16.6. The van der Waals surface area contributed by atoms with Crippen LogP contribution in [0.1, 0.15) is 29.2 Å². The molecule has 2 aromatic carbocycles. The predicted octanol–water partition coefficient (Wildman–Crippen LogP) is 2.73. The fraction of sp³-hybridized carbons (Fsp3) is 0.294. The summed E-state index contributed by atoms with van der Waals surface area (Å²) in [6.45, 7) is 0.616. The van der Waals surface area contributed by atoms with Gasteiger partial charge in [0.15, 0.2) is 0 Å². The Labute approximate surface area is 128 Å². The van der Waals surface area contributed by atoms with Crippen molar-refractivity contribution < 1.29 is 10.0 Å². The molecule has 0 bridgehead atoms. The van der Waals surface area contributed by atoms with Crippen LogP contribution in [0.5, 0.6) is 0 Å². The summed E-state index contributed by atoms with van der Waals surface area (Å²) >= 11 is 0. The van der Waals surface area contributed by atoms with Crippen molar-refractivity contribution in [3.05, 3.63) is 75.3 Å². The van der Waals surface area contributed by atoms with Crippen LogP contribution in [0.25, 0.3) is 0 Å². The van der Waals surface area contributed by atoms with Gasteiger partial charge < -0.3 is 10.4 Å². The first-order chi connectivity index (χ1) is 10.6. The zero-order valence-electron chi connectivity index (χ0n) is 12.1. The van der Waals surface area contributed by atoms with E-state index in [9.17, 15) is 15.2 Å². The number of nitrogens with one attached hydrogen (secondary N) is 1. The number of aliphatic hydroxyl groups excluding tert-OH is 1. The maximum Gasteiger partial charge on any atom is 0.269 e. The summed E-state index contributed by atoms with van der Waals surface area (Å²) in [4.78, 5) is 10.6. The Morgan fingerprint density at radius 2 is 2.00 bits per heavy atom. The molecular weight excluding hydrogens is 280 g/mol. The molecule has 2 N–H and O–H groups in total. The molecule has 2 unspecified atom stereocenters. The van der Waals surface area contributed by atoms with E-state index in [1.54, 1.807) is 12.1 Å². The Morgan fingerprint density at radius 1 is 1.23 bits per heavy atom. The van der Waals surface area contributed by atoms with Gasteiger partial charge in [0.1, 0.15) is 0 Å². The van der Waals surface area contributed by atoms with Crippen molar-refractivity contribution in [3.8, 4) is 0 Å². The lowest BCUT2D eigenvalue weighted by Gasteiger charge is -2.31. The van der Waals surface area contributed by atoms with Crippen molar-refractivity contribution in [1.29, 1.82) is 0 Å². The molecule has 114 valence electrons. The minimum absolute atomic E-state index is 0.0689. The van der Waals surface area contributed by atoms with E-state index < -0.39 is 11.0 Å². The summed E-state index contributed by atoms with van der Waals surface area (Å²) in [7, 11) is 0. The second kappa shape index (κ2) is 6.25. The lowest BCUT2D eigenvalue weighted by atomic mass is 9.85. The molecule has 5 nitrogen and oxygen atoms in total. The van der Waals surface area contributed by atoms with E-state index in [-0.39, 0.29) is 11.7 Å². The number of aryl methyl sites for hydroxylation is 1. The van der Waals surface area contributed by atoms with Crippen LogP contribution in [0.15, 0.2) is 48.5 Å². The number of hydrogen-bond acceptors (Lipinski definition) is 4. The van der Waals surface area contributed by atoms with Gasteiger partial charge in [0.05, 0.1) is 17.1 Å². The monoisotopic (exact) mass is 298 g/mol. The maximum absolute atomic E-state index is 11.0. The third kappa shape index (κ3) is 3.00. The summed E-state index contributed by atoms with van der Waals surface area (Å²) in [6, 6.07) is 14.6. The fourth-order valence-electron chi connectivity index (χ4n) is 2.96. The highest BCUT2D eigenvalue weighted by Gasteiger charge is 2.29. The van der Waals surface area contributed by atoms with Gasteiger partial charge in [-0.05, 0) is 29.5 Å². The molecule has 0 radical (unpaired) electrons. The minimum Gasteiger partial charge on any atom is -0.391 e. The third-order valence-corrected chi connectivity index (χ3v) is 4.14. The van der Waals surface area contributed by atoms with Gasteiger partial charge in [0.2, 0.25) is 0 Å². The van der Waals surface area contributed by atoms with Crippen LogP contribution >= 0.6 is 0 Å². The smallest absolute Gasteiger partial charge is 0.269 e. The molecule has 0 spiro atoms. The zero-order chi connectivity index (χ0) is 15.5. The largest absolute Gasteiger partial charge is 0.391 e. The second-order valence-corrected chi connectivity index (χ2v) is 5.59. The number of aliphatic hydroxyl groups is 1. The Balaban J connectivity index is 1.85.